The van der Waals surface area contributed by atoms with Crippen LogP contribution in [0.5, 0.6) is 0 Å². The molecule has 0 radical (unpaired) electrons. The van der Waals surface area contributed by atoms with E-state index in [1.165, 1.54) is 11.8 Å². The summed E-state index contributed by atoms with van der Waals surface area (Å²) >= 11 is 7.43. The molecule has 0 aliphatic rings. The molecule has 88 valence electrons. The van der Waals surface area contributed by atoms with Gasteiger partial charge in [-0.25, -0.2) is 4.98 Å². The van der Waals surface area contributed by atoms with Gasteiger partial charge >= 0.3 is 0 Å². The van der Waals surface area contributed by atoms with Gasteiger partial charge in [0.05, 0.1) is 11.1 Å². The Morgan fingerprint density at radius 3 is 2.75 bits per heavy atom. The van der Waals surface area contributed by atoms with Crippen LogP contribution in [-0.2, 0) is 0 Å². The Bertz CT molecular complexity index is 398. The van der Waals surface area contributed by atoms with E-state index in [0.717, 1.165) is 0 Å². The maximum atomic E-state index is 9.39. The van der Waals surface area contributed by atoms with E-state index in [4.69, 9.17) is 22.7 Å². The molecular weight excluding hydrogens is 246 g/mol. The average Bonchev–Trinajstić information content (AvgIpc) is 2.20. The Morgan fingerprint density at radius 1 is 1.62 bits per heavy atom. The molecule has 0 bridgehead atoms. The van der Waals surface area contributed by atoms with Crippen molar-refractivity contribution in [1.82, 2.24) is 4.98 Å². The summed E-state index contributed by atoms with van der Waals surface area (Å²) in [5.41, 5.74) is 5.86. The third kappa shape index (κ3) is 3.10. The van der Waals surface area contributed by atoms with Gasteiger partial charge in [-0.15, -0.1) is 0 Å². The molecule has 2 atom stereocenters. The standard InChI is InChI=1S/C10H14ClN3OS/c1-5(15)6(2)16-10-8(11)7(9(12)13)3-4-14-10/h3-6,15H,1-2H3,(H3,12,13). The van der Waals surface area contributed by atoms with E-state index in [1.807, 2.05) is 6.92 Å². The van der Waals surface area contributed by atoms with Crippen LogP contribution in [0.2, 0.25) is 5.02 Å². The van der Waals surface area contributed by atoms with Crippen LogP contribution in [0.4, 0.5) is 0 Å². The minimum absolute atomic E-state index is 0.0211. The van der Waals surface area contributed by atoms with Crippen LogP contribution in [0.1, 0.15) is 19.4 Å². The number of pyridine rings is 1. The summed E-state index contributed by atoms with van der Waals surface area (Å²) in [6.45, 7) is 3.59. The Kier molecular flexibility index (Phi) is 4.58. The molecule has 1 heterocycles. The predicted octanol–water partition coefficient (Wildman–Crippen LogP) is 1.88. The number of nitrogen functional groups attached to an aromatic ring is 1. The second-order valence-electron chi connectivity index (χ2n) is 3.45. The number of amidine groups is 1. The number of aliphatic hydroxyl groups is 1. The summed E-state index contributed by atoms with van der Waals surface area (Å²) in [6.07, 6.45) is 1.10. The molecule has 6 heteroatoms. The van der Waals surface area contributed by atoms with Gasteiger partial charge in [-0.2, -0.15) is 0 Å². The van der Waals surface area contributed by atoms with Gasteiger partial charge in [0.15, 0.2) is 0 Å². The molecule has 0 aliphatic carbocycles. The van der Waals surface area contributed by atoms with Crippen molar-refractivity contribution >= 4 is 29.2 Å². The lowest BCUT2D eigenvalue weighted by Gasteiger charge is -2.14. The van der Waals surface area contributed by atoms with Crippen LogP contribution in [0, 0.1) is 5.41 Å². The maximum Gasteiger partial charge on any atom is 0.124 e. The zero-order valence-electron chi connectivity index (χ0n) is 9.07. The molecule has 1 rings (SSSR count). The molecule has 0 saturated heterocycles. The summed E-state index contributed by atoms with van der Waals surface area (Å²) in [5, 5.41) is 17.7. The number of nitrogens with two attached hydrogens (primary N) is 1. The third-order valence-corrected chi connectivity index (χ3v) is 3.92. The van der Waals surface area contributed by atoms with E-state index in [1.54, 1.807) is 19.2 Å². The fourth-order valence-electron chi connectivity index (χ4n) is 0.989. The van der Waals surface area contributed by atoms with Gasteiger partial charge < -0.3 is 10.8 Å². The van der Waals surface area contributed by atoms with Crippen molar-refractivity contribution in [1.29, 1.82) is 5.41 Å². The van der Waals surface area contributed by atoms with E-state index in [2.05, 4.69) is 4.98 Å². The molecule has 1 aromatic heterocycles. The minimum Gasteiger partial charge on any atom is -0.392 e. The molecule has 0 amide bonds. The minimum atomic E-state index is -0.455. The number of rotatable bonds is 4. The monoisotopic (exact) mass is 259 g/mol. The van der Waals surface area contributed by atoms with Crippen LogP contribution in [0.25, 0.3) is 0 Å². The van der Waals surface area contributed by atoms with Gasteiger partial charge in [0.2, 0.25) is 0 Å². The number of hydrogen-bond acceptors (Lipinski definition) is 4. The molecule has 0 saturated carbocycles. The summed E-state index contributed by atoms with van der Waals surface area (Å²) in [4.78, 5) is 4.11. The summed E-state index contributed by atoms with van der Waals surface area (Å²) < 4.78 is 0. The van der Waals surface area contributed by atoms with Crippen molar-refractivity contribution in [3.05, 3.63) is 22.8 Å². The van der Waals surface area contributed by atoms with Gasteiger partial charge in [0.1, 0.15) is 10.9 Å². The van der Waals surface area contributed by atoms with Crippen LogP contribution in [-0.4, -0.2) is 27.3 Å². The van der Waals surface area contributed by atoms with Gasteiger partial charge in [0.25, 0.3) is 0 Å². The number of hydrogen-bond donors (Lipinski definition) is 3. The Morgan fingerprint density at radius 2 is 2.25 bits per heavy atom. The number of aliphatic hydroxyl groups excluding tert-OH is 1. The van der Waals surface area contributed by atoms with Crippen molar-refractivity contribution in [3.63, 3.8) is 0 Å². The topological polar surface area (TPSA) is 83.0 Å². The Hall–Kier alpha value is -0.780. The SMILES string of the molecule is CC(O)C(C)Sc1nccc(C(=N)N)c1Cl. The lowest BCUT2D eigenvalue weighted by molar-refractivity contribution is 0.196. The van der Waals surface area contributed by atoms with Crippen LogP contribution in [0.15, 0.2) is 17.3 Å². The molecule has 2 unspecified atom stereocenters. The smallest absolute Gasteiger partial charge is 0.124 e. The molecule has 0 spiro atoms. The number of nitrogens with one attached hydrogen (secondary N) is 1. The normalized spacial score (nSPS) is 14.5. The van der Waals surface area contributed by atoms with E-state index >= 15 is 0 Å². The first-order valence-electron chi connectivity index (χ1n) is 4.77. The molecule has 0 aromatic carbocycles. The largest absolute Gasteiger partial charge is 0.392 e. The molecule has 1 aromatic rings. The Balaban J connectivity index is 2.98. The number of thioether (sulfide) groups is 1. The lowest BCUT2D eigenvalue weighted by Crippen LogP contribution is -2.16. The Labute approximate surface area is 104 Å². The summed E-state index contributed by atoms with van der Waals surface area (Å²) in [5.74, 6) is -0.0843. The number of halogens is 1. The number of nitrogens with zero attached hydrogens (tertiary/aromatic N) is 1. The fraction of sp³-hybridized carbons (Fsp3) is 0.400. The first-order chi connectivity index (χ1) is 7.43. The lowest BCUT2D eigenvalue weighted by atomic mass is 10.2. The molecule has 4 N–H and O–H groups in total. The van der Waals surface area contributed by atoms with E-state index in [9.17, 15) is 5.11 Å². The molecule has 16 heavy (non-hydrogen) atoms. The quantitative estimate of drug-likeness (QED) is 0.438. The zero-order valence-corrected chi connectivity index (χ0v) is 10.6. The highest BCUT2D eigenvalue weighted by Gasteiger charge is 2.16. The van der Waals surface area contributed by atoms with Crippen molar-refractivity contribution in [2.75, 3.05) is 0 Å². The van der Waals surface area contributed by atoms with E-state index in [0.29, 0.717) is 15.6 Å². The third-order valence-electron chi connectivity index (χ3n) is 2.12. The predicted molar refractivity (Wildman–Crippen MR) is 67.3 cm³/mol. The molecular formula is C10H14ClN3OS. The number of aromatic nitrogens is 1. The average molecular weight is 260 g/mol. The van der Waals surface area contributed by atoms with Crippen LogP contribution in [0.3, 0.4) is 0 Å². The van der Waals surface area contributed by atoms with E-state index in [-0.39, 0.29) is 11.1 Å². The van der Waals surface area contributed by atoms with Gasteiger partial charge in [-0.3, -0.25) is 5.41 Å². The van der Waals surface area contributed by atoms with Crippen molar-refractivity contribution < 1.29 is 5.11 Å². The van der Waals surface area contributed by atoms with Gasteiger partial charge in [-0.05, 0) is 13.0 Å². The molecule has 0 aliphatic heterocycles. The second-order valence-corrected chi connectivity index (χ2v) is 5.20. The van der Waals surface area contributed by atoms with Crippen molar-refractivity contribution in [3.8, 4) is 0 Å². The van der Waals surface area contributed by atoms with Crippen molar-refractivity contribution in [2.45, 2.75) is 30.2 Å². The highest BCUT2D eigenvalue weighted by molar-refractivity contribution is 8.00. The van der Waals surface area contributed by atoms with Gasteiger partial charge in [-0.1, -0.05) is 30.3 Å². The van der Waals surface area contributed by atoms with Gasteiger partial charge in [0, 0.05) is 17.0 Å². The molecule has 4 nitrogen and oxygen atoms in total. The maximum absolute atomic E-state index is 9.39. The van der Waals surface area contributed by atoms with Crippen molar-refractivity contribution in [2.24, 2.45) is 5.73 Å². The first-order valence-corrected chi connectivity index (χ1v) is 6.03. The summed E-state index contributed by atoms with van der Waals surface area (Å²) in [6, 6.07) is 1.60. The van der Waals surface area contributed by atoms with Crippen LogP contribution < -0.4 is 5.73 Å². The van der Waals surface area contributed by atoms with E-state index < -0.39 is 6.10 Å². The zero-order chi connectivity index (χ0) is 12.3. The second kappa shape index (κ2) is 5.52. The fourth-order valence-corrected chi connectivity index (χ4v) is 2.22. The van der Waals surface area contributed by atoms with Crippen LogP contribution >= 0.6 is 23.4 Å². The summed E-state index contributed by atoms with van der Waals surface area (Å²) in [7, 11) is 0. The highest BCUT2D eigenvalue weighted by Crippen LogP contribution is 2.31. The first kappa shape index (κ1) is 13.3. The molecule has 0 fully saturated rings. The highest BCUT2D eigenvalue weighted by atomic mass is 35.5.